The van der Waals surface area contributed by atoms with Crippen molar-refractivity contribution in [2.75, 3.05) is 25.5 Å². The van der Waals surface area contributed by atoms with Gasteiger partial charge in [0.1, 0.15) is 11.6 Å². The number of hydrogen-bond donors (Lipinski definition) is 2. The number of nitrogens with one attached hydrogen (secondary N) is 2. The van der Waals surface area contributed by atoms with Gasteiger partial charge in [-0.15, -0.1) is 0 Å². The Morgan fingerprint density at radius 3 is 2.71 bits per heavy atom. The zero-order chi connectivity index (χ0) is 16.8. The molecule has 0 unspecified atom stereocenters. The summed E-state index contributed by atoms with van der Waals surface area (Å²) in [7, 11) is 1.61. The Labute approximate surface area is 141 Å². The lowest BCUT2D eigenvalue weighted by Crippen LogP contribution is -2.30. The highest BCUT2D eigenvalue weighted by Crippen LogP contribution is 2.18. The third-order valence-corrected chi connectivity index (χ3v) is 3.88. The molecule has 0 saturated heterocycles. The maximum atomic E-state index is 12.2. The van der Waals surface area contributed by atoms with Crippen LogP contribution in [0.2, 0.25) is 0 Å². The Morgan fingerprint density at radius 1 is 1.21 bits per heavy atom. The Kier molecular flexibility index (Phi) is 5.11. The van der Waals surface area contributed by atoms with Crippen molar-refractivity contribution in [1.29, 1.82) is 0 Å². The van der Waals surface area contributed by atoms with Gasteiger partial charge in [0.2, 0.25) is 5.91 Å². The van der Waals surface area contributed by atoms with Crippen molar-refractivity contribution in [3.8, 4) is 5.75 Å². The van der Waals surface area contributed by atoms with Gasteiger partial charge in [-0.3, -0.25) is 9.79 Å². The fourth-order valence-electron chi connectivity index (χ4n) is 2.66. The molecule has 0 bridgehead atoms. The summed E-state index contributed by atoms with van der Waals surface area (Å²) in [5, 5.41) is 6.21. The Hall–Kier alpha value is -2.82. The van der Waals surface area contributed by atoms with Crippen molar-refractivity contribution in [3.63, 3.8) is 0 Å². The van der Waals surface area contributed by atoms with E-state index in [9.17, 15) is 4.79 Å². The van der Waals surface area contributed by atoms with Gasteiger partial charge in [-0.05, 0) is 36.8 Å². The van der Waals surface area contributed by atoms with Gasteiger partial charge in [0.05, 0.1) is 13.5 Å². The lowest BCUT2D eigenvalue weighted by Gasteiger charge is -2.15. The van der Waals surface area contributed by atoms with Crippen LogP contribution >= 0.6 is 0 Å². The highest BCUT2D eigenvalue weighted by molar-refractivity contribution is 6.00. The number of carbonyl (C=O) groups is 1. The molecule has 1 aliphatic heterocycles. The van der Waals surface area contributed by atoms with Gasteiger partial charge in [0, 0.05) is 29.9 Å². The number of aliphatic imine (C=N–C) groups is 1. The van der Waals surface area contributed by atoms with Gasteiger partial charge in [0.15, 0.2) is 0 Å². The van der Waals surface area contributed by atoms with Crippen LogP contribution < -0.4 is 15.4 Å². The number of nitrogens with zero attached hydrogens (tertiary/aromatic N) is 1. The normalized spacial score (nSPS) is 13.6. The summed E-state index contributed by atoms with van der Waals surface area (Å²) in [6.07, 6.45) is 1.35. The molecule has 1 heterocycles. The maximum Gasteiger partial charge on any atom is 0.228 e. The number of para-hydroxylation sites is 1. The topological polar surface area (TPSA) is 62.7 Å². The minimum absolute atomic E-state index is 0.0691. The van der Waals surface area contributed by atoms with Crippen molar-refractivity contribution < 1.29 is 9.53 Å². The van der Waals surface area contributed by atoms with E-state index in [0.29, 0.717) is 0 Å². The predicted molar refractivity (Wildman–Crippen MR) is 95.8 cm³/mol. The summed E-state index contributed by atoms with van der Waals surface area (Å²) >= 11 is 0. The predicted octanol–water partition coefficient (Wildman–Crippen LogP) is 2.62. The first-order chi connectivity index (χ1) is 11.8. The third-order valence-electron chi connectivity index (χ3n) is 3.88. The molecule has 0 aromatic heterocycles. The first kappa shape index (κ1) is 16.1. The van der Waals surface area contributed by atoms with Crippen LogP contribution in [0.15, 0.2) is 53.5 Å². The quantitative estimate of drug-likeness (QED) is 0.889. The minimum atomic E-state index is -0.0691. The molecule has 1 aliphatic rings. The van der Waals surface area contributed by atoms with Crippen LogP contribution in [0.1, 0.15) is 17.5 Å². The summed E-state index contributed by atoms with van der Waals surface area (Å²) < 4.78 is 5.28. The van der Waals surface area contributed by atoms with E-state index in [2.05, 4.69) is 15.6 Å². The number of methoxy groups -OCH3 is 1. The fourth-order valence-corrected chi connectivity index (χ4v) is 2.66. The third kappa shape index (κ3) is 3.93. The van der Waals surface area contributed by atoms with Gasteiger partial charge < -0.3 is 15.4 Å². The van der Waals surface area contributed by atoms with Gasteiger partial charge in [0.25, 0.3) is 0 Å². The first-order valence-corrected chi connectivity index (χ1v) is 8.07. The molecule has 0 spiro atoms. The Bertz CT molecular complexity index is 739. The molecule has 0 radical (unpaired) electrons. The molecule has 0 saturated carbocycles. The van der Waals surface area contributed by atoms with Crippen molar-refractivity contribution in [2.45, 2.75) is 12.8 Å². The minimum Gasteiger partial charge on any atom is -0.496 e. The molecule has 3 rings (SSSR count). The molecule has 24 heavy (non-hydrogen) atoms. The number of carbonyl (C=O) groups excluding carboxylic acids is 1. The van der Waals surface area contributed by atoms with Crippen molar-refractivity contribution in [3.05, 3.63) is 59.7 Å². The molecule has 2 aromatic rings. The van der Waals surface area contributed by atoms with Crippen LogP contribution in [-0.4, -0.2) is 31.9 Å². The molecular weight excluding hydrogens is 302 g/mol. The smallest absolute Gasteiger partial charge is 0.228 e. The van der Waals surface area contributed by atoms with Gasteiger partial charge in [-0.25, -0.2) is 0 Å². The van der Waals surface area contributed by atoms with Crippen LogP contribution in [0.4, 0.5) is 5.69 Å². The molecule has 5 nitrogen and oxygen atoms in total. The summed E-state index contributed by atoms with van der Waals surface area (Å²) in [4.78, 5) is 16.7. The number of rotatable bonds is 5. The van der Waals surface area contributed by atoms with E-state index in [0.717, 1.165) is 47.9 Å². The fraction of sp³-hybridized carbons (Fsp3) is 0.263. The van der Waals surface area contributed by atoms with Crippen LogP contribution in [0.3, 0.4) is 0 Å². The van der Waals surface area contributed by atoms with E-state index in [-0.39, 0.29) is 12.3 Å². The largest absolute Gasteiger partial charge is 0.496 e. The molecule has 0 aliphatic carbocycles. The van der Waals surface area contributed by atoms with Gasteiger partial charge in [-0.2, -0.15) is 0 Å². The van der Waals surface area contributed by atoms with Crippen LogP contribution in [0.5, 0.6) is 5.75 Å². The molecule has 2 aromatic carbocycles. The second-order valence-electron chi connectivity index (χ2n) is 5.62. The number of benzene rings is 2. The molecular formula is C19H21N3O2. The molecule has 2 N–H and O–H groups in total. The molecule has 5 heteroatoms. The highest BCUT2D eigenvalue weighted by atomic mass is 16.5. The maximum absolute atomic E-state index is 12.2. The van der Waals surface area contributed by atoms with E-state index in [4.69, 9.17) is 4.74 Å². The van der Waals surface area contributed by atoms with E-state index in [1.54, 1.807) is 7.11 Å². The van der Waals surface area contributed by atoms with Gasteiger partial charge in [-0.1, -0.05) is 18.2 Å². The Morgan fingerprint density at radius 2 is 2.00 bits per heavy atom. The second-order valence-corrected chi connectivity index (χ2v) is 5.62. The number of anilines is 1. The number of ether oxygens (including phenoxy) is 1. The number of hydrogen-bond acceptors (Lipinski definition) is 4. The van der Waals surface area contributed by atoms with Crippen LogP contribution in [0, 0.1) is 0 Å². The average molecular weight is 323 g/mol. The molecule has 0 fully saturated rings. The summed E-state index contributed by atoms with van der Waals surface area (Å²) in [5.41, 5.74) is 2.68. The monoisotopic (exact) mass is 323 g/mol. The molecule has 124 valence electrons. The first-order valence-electron chi connectivity index (χ1n) is 8.07. The highest BCUT2D eigenvalue weighted by Gasteiger charge is 2.10. The Balaban J connectivity index is 1.63. The van der Waals surface area contributed by atoms with Crippen LogP contribution in [0.25, 0.3) is 0 Å². The number of amides is 1. The van der Waals surface area contributed by atoms with Crippen molar-refractivity contribution in [1.82, 2.24) is 5.32 Å². The van der Waals surface area contributed by atoms with E-state index in [1.165, 1.54) is 0 Å². The van der Waals surface area contributed by atoms with Gasteiger partial charge >= 0.3 is 0 Å². The van der Waals surface area contributed by atoms with E-state index in [1.807, 2.05) is 48.5 Å². The van der Waals surface area contributed by atoms with Crippen molar-refractivity contribution in [2.24, 2.45) is 4.99 Å². The summed E-state index contributed by atoms with van der Waals surface area (Å²) in [6.45, 7) is 1.82. The number of amidine groups is 1. The lowest BCUT2D eigenvalue weighted by atomic mass is 10.1. The van der Waals surface area contributed by atoms with Crippen LogP contribution in [-0.2, 0) is 11.2 Å². The lowest BCUT2D eigenvalue weighted by molar-refractivity contribution is -0.115. The summed E-state index contributed by atoms with van der Waals surface area (Å²) in [5.74, 6) is 1.58. The SMILES string of the molecule is COc1ccccc1CC(=O)Nc1ccc(C2=NCCCN2)cc1. The average Bonchev–Trinajstić information content (AvgIpc) is 2.63. The summed E-state index contributed by atoms with van der Waals surface area (Å²) in [6, 6.07) is 15.3. The van der Waals surface area contributed by atoms with E-state index >= 15 is 0 Å². The second kappa shape index (κ2) is 7.64. The molecule has 0 atom stereocenters. The standard InChI is InChI=1S/C19H21N3O2/c1-24-17-6-3-2-5-15(17)13-18(23)22-16-9-7-14(8-10-16)19-20-11-4-12-21-19/h2-3,5-10H,4,11-13H2,1H3,(H,20,21)(H,22,23). The molecule has 1 amide bonds. The van der Waals surface area contributed by atoms with Crippen molar-refractivity contribution >= 4 is 17.4 Å². The van der Waals surface area contributed by atoms with E-state index < -0.39 is 0 Å². The zero-order valence-corrected chi connectivity index (χ0v) is 13.7. The zero-order valence-electron chi connectivity index (χ0n) is 13.7.